The maximum atomic E-state index is 11.0. The van der Waals surface area contributed by atoms with Gasteiger partial charge in [0.15, 0.2) is 5.52 Å². The Morgan fingerprint density at radius 1 is 1.04 bits per heavy atom. The Kier molecular flexibility index (Phi) is 3.47. The number of nitro groups is 2. The van der Waals surface area contributed by atoms with E-state index in [0.29, 0.717) is 5.69 Å². The van der Waals surface area contributed by atoms with Crippen molar-refractivity contribution >= 4 is 33.8 Å². The first-order chi connectivity index (χ1) is 11.5. The van der Waals surface area contributed by atoms with Gasteiger partial charge in [-0.3, -0.25) is 20.2 Å². The van der Waals surface area contributed by atoms with Gasteiger partial charge in [0.25, 0.3) is 5.69 Å². The molecule has 1 N–H and O–H groups in total. The fourth-order valence-corrected chi connectivity index (χ4v) is 2.09. The minimum absolute atomic E-state index is 0.0344. The summed E-state index contributed by atoms with van der Waals surface area (Å²) in [6.07, 6.45) is 0. The van der Waals surface area contributed by atoms with Crippen LogP contribution in [-0.4, -0.2) is 20.2 Å². The molecule has 118 valence electrons. The highest BCUT2D eigenvalue weighted by Crippen LogP contribution is 2.32. The minimum atomic E-state index is -0.622. The van der Waals surface area contributed by atoms with Crippen LogP contribution in [0.1, 0.15) is 5.56 Å². The number of rotatable bonds is 4. The lowest BCUT2D eigenvalue weighted by Gasteiger charge is -2.08. The van der Waals surface area contributed by atoms with E-state index in [-0.39, 0.29) is 33.7 Å². The van der Waals surface area contributed by atoms with Crippen LogP contribution in [0.2, 0.25) is 0 Å². The van der Waals surface area contributed by atoms with Crippen LogP contribution in [-0.2, 0) is 0 Å². The number of nitrogens with one attached hydrogen (secondary N) is 1. The first-order valence-electron chi connectivity index (χ1n) is 6.36. The lowest BCUT2D eigenvalue weighted by molar-refractivity contribution is -0.384. The highest BCUT2D eigenvalue weighted by atomic mass is 16.6. The summed E-state index contributed by atoms with van der Waals surface area (Å²) in [5.74, 6) is 0. The topological polar surface area (TPSA) is 161 Å². The number of nitro benzene ring substituents is 2. The average molecular weight is 326 g/mol. The van der Waals surface area contributed by atoms with Crippen molar-refractivity contribution < 1.29 is 14.5 Å². The molecular formula is C13H6N6O5. The summed E-state index contributed by atoms with van der Waals surface area (Å²) in [5.41, 5.74) is 0.169. The summed E-state index contributed by atoms with van der Waals surface area (Å²) < 4.78 is 4.54. The molecule has 0 saturated carbocycles. The molecule has 0 aliphatic heterocycles. The largest absolute Gasteiger partial charge is 0.352 e. The van der Waals surface area contributed by atoms with Gasteiger partial charge in [-0.1, -0.05) is 0 Å². The van der Waals surface area contributed by atoms with Gasteiger partial charge in [0, 0.05) is 18.2 Å². The summed E-state index contributed by atoms with van der Waals surface area (Å²) in [6, 6.07) is 8.15. The average Bonchev–Trinajstić information content (AvgIpc) is 3.04. The number of nitrogens with zero attached hydrogens (tertiary/aromatic N) is 5. The van der Waals surface area contributed by atoms with Gasteiger partial charge in [-0.25, -0.2) is 4.63 Å². The number of benzene rings is 2. The number of hydrogen-bond acceptors (Lipinski definition) is 9. The van der Waals surface area contributed by atoms with E-state index in [1.54, 1.807) is 0 Å². The third-order valence-electron chi connectivity index (χ3n) is 3.19. The number of nitriles is 1. The van der Waals surface area contributed by atoms with E-state index in [2.05, 4.69) is 20.3 Å². The van der Waals surface area contributed by atoms with Crippen molar-refractivity contribution in [3.63, 3.8) is 0 Å². The van der Waals surface area contributed by atoms with Crippen molar-refractivity contribution in [1.82, 2.24) is 10.3 Å². The number of fused-ring (bicyclic) bond motifs is 1. The molecule has 11 nitrogen and oxygen atoms in total. The van der Waals surface area contributed by atoms with E-state index < -0.39 is 9.85 Å². The van der Waals surface area contributed by atoms with Gasteiger partial charge in [-0.15, -0.1) is 0 Å². The molecule has 11 heteroatoms. The fraction of sp³-hybridized carbons (Fsp3) is 0. The number of anilines is 2. The van der Waals surface area contributed by atoms with Gasteiger partial charge in [0.05, 0.1) is 26.8 Å². The van der Waals surface area contributed by atoms with Gasteiger partial charge in [-0.05, 0) is 22.4 Å². The van der Waals surface area contributed by atoms with Crippen LogP contribution >= 0.6 is 0 Å². The zero-order chi connectivity index (χ0) is 17.3. The Morgan fingerprint density at radius 3 is 2.42 bits per heavy atom. The second kappa shape index (κ2) is 5.61. The smallest absolute Gasteiger partial charge is 0.300 e. The van der Waals surface area contributed by atoms with Crippen LogP contribution in [0.4, 0.5) is 22.7 Å². The number of hydrogen-bond donors (Lipinski definition) is 1. The van der Waals surface area contributed by atoms with Crippen molar-refractivity contribution in [1.29, 1.82) is 5.26 Å². The fourth-order valence-electron chi connectivity index (χ4n) is 2.09. The third kappa shape index (κ3) is 2.44. The molecule has 0 radical (unpaired) electrons. The minimum Gasteiger partial charge on any atom is -0.352 e. The molecule has 0 saturated heterocycles. The normalized spacial score (nSPS) is 10.3. The lowest BCUT2D eigenvalue weighted by atomic mass is 10.1. The zero-order valence-corrected chi connectivity index (χ0v) is 11.7. The summed E-state index contributed by atoms with van der Waals surface area (Å²) in [4.78, 5) is 20.5. The molecule has 0 aliphatic carbocycles. The lowest BCUT2D eigenvalue weighted by Crippen LogP contribution is -1.98. The maximum Gasteiger partial charge on any atom is 0.300 e. The van der Waals surface area contributed by atoms with Crippen LogP contribution in [0.3, 0.4) is 0 Å². The molecule has 0 spiro atoms. The van der Waals surface area contributed by atoms with Crippen molar-refractivity contribution in [3.8, 4) is 6.07 Å². The van der Waals surface area contributed by atoms with E-state index in [4.69, 9.17) is 5.26 Å². The van der Waals surface area contributed by atoms with Gasteiger partial charge < -0.3 is 5.32 Å². The van der Waals surface area contributed by atoms with Crippen LogP contribution in [0.5, 0.6) is 0 Å². The second-order valence-corrected chi connectivity index (χ2v) is 4.57. The summed E-state index contributed by atoms with van der Waals surface area (Å²) in [7, 11) is 0. The van der Waals surface area contributed by atoms with Crippen LogP contribution < -0.4 is 5.32 Å². The van der Waals surface area contributed by atoms with E-state index in [0.717, 1.165) is 6.07 Å². The number of non-ortho nitro benzene ring substituents is 2. The van der Waals surface area contributed by atoms with Gasteiger partial charge in [0.1, 0.15) is 6.07 Å². The Labute approximate surface area is 132 Å². The predicted molar refractivity (Wildman–Crippen MR) is 79.6 cm³/mol. The summed E-state index contributed by atoms with van der Waals surface area (Å²) in [5, 5.41) is 40.8. The molecule has 24 heavy (non-hydrogen) atoms. The van der Waals surface area contributed by atoms with Crippen LogP contribution in [0.15, 0.2) is 35.0 Å². The molecule has 0 amide bonds. The molecule has 0 bridgehead atoms. The second-order valence-electron chi connectivity index (χ2n) is 4.57. The molecule has 2 aromatic carbocycles. The molecular weight excluding hydrogens is 320 g/mol. The van der Waals surface area contributed by atoms with E-state index >= 15 is 0 Å². The third-order valence-corrected chi connectivity index (χ3v) is 3.19. The zero-order valence-electron chi connectivity index (χ0n) is 11.7. The van der Waals surface area contributed by atoms with E-state index in [9.17, 15) is 20.2 Å². The van der Waals surface area contributed by atoms with Gasteiger partial charge in [0.2, 0.25) is 5.52 Å². The summed E-state index contributed by atoms with van der Waals surface area (Å²) in [6.45, 7) is 0. The van der Waals surface area contributed by atoms with Gasteiger partial charge >= 0.3 is 5.69 Å². The Balaban J connectivity index is 2.07. The highest BCUT2D eigenvalue weighted by molar-refractivity contribution is 5.95. The van der Waals surface area contributed by atoms with Crippen molar-refractivity contribution in [2.45, 2.75) is 0 Å². The standard InChI is InChI=1S/C13H6N6O5/c14-6-7-5-8(18(20)21)1-2-9(7)15-10-3-4-11(19(22)23)13-12(10)16-24-17-13/h1-5,15H. The van der Waals surface area contributed by atoms with Crippen LogP contribution in [0.25, 0.3) is 11.0 Å². The Hall–Kier alpha value is -4.07. The Bertz CT molecular complexity index is 1020. The summed E-state index contributed by atoms with van der Waals surface area (Å²) >= 11 is 0. The van der Waals surface area contributed by atoms with Gasteiger partial charge in [-0.2, -0.15) is 5.26 Å². The Morgan fingerprint density at radius 2 is 1.75 bits per heavy atom. The predicted octanol–water partition coefficient (Wildman–Crippen LogP) is 2.65. The maximum absolute atomic E-state index is 11.0. The molecule has 1 aromatic heterocycles. The van der Waals surface area contributed by atoms with Crippen LogP contribution in [0, 0.1) is 31.6 Å². The van der Waals surface area contributed by atoms with Crippen molar-refractivity contribution in [3.05, 3.63) is 56.1 Å². The molecule has 3 aromatic rings. The number of aromatic nitrogens is 2. The van der Waals surface area contributed by atoms with Crippen molar-refractivity contribution in [2.24, 2.45) is 0 Å². The molecule has 0 aliphatic rings. The molecule has 0 atom stereocenters. The first-order valence-corrected chi connectivity index (χ1v) is 6.36. The molecule has 3 rings (SSSR count). The molecule has 1 heterocycles. The molecule has 0 fully saturated rings. The first kappa shape index (κ1) is 14.9. The highest BCUT2D eigenvalue weighted by Gasteiger charge is 2.20. The van der Waals surface area contributed by atoms with Crippen molar-refractivity contribution in [2.75, 3.05) is 5.32 Å². The monoisotopic (exact) mass is 326 g/mol. The quantitative estimate of drug-likeness (QED) is 0.561. The van der Waals surface area contributed by atoms with E-state index in [1.807, 2.05) is 6.07 Å². The molecule has 0 unspecified atom stereocenters. The van der Waals surface area contributed by atoms with E-state index in [1.165, 1.54) is 24.3 Å². The SMILES string of the molecule is N#Cc1cc([N+](=O)[O-])ccc1Nc1ccc([N+](=O)[O-])c2nonc12.